The van der Waals surface area contributed by atoms with E-state index in [1.54, 1.807) is 6.08 Å². The minimum Gasteiger partial charge on any atom is -0.303 e. The number of halogens is 2. The van der Waals surface area contributed by atoms with Crippen LogP contribution < -0.4 is 0 Å². The van der Waals surface area contributed by atoms with E-state index in [0.29, 0.717) is 24.5 Å². The lowest BCUT2D eigenvalue weighted by molar-refractivity contribution is 0.0806. The van der Waals surface area contributed by atoms with Crippen LogP contribution in [0.1, 0.15) is 46.5 Å². The van der Waals surface area contributed by atoms with Crippen LogP contribution in [0, 0.1) is 5.92 Å². The Balaban J connectivity index is 5.04. The van der Waals surface area contributed by atoms with Crippen LogP contribution in [0.5, 0.6) is 0 Å². The lowest BCUT2D eigenvalue weighted by atomic mass is 9.97. The van der Waals surface area contributed by atoms with Gasteiger partial charge >= 0.3 is 0 Å². The van der Waals surface area contributed by atoms with Crippen molar-refractivity contribution >= 4 is 0 Å². The summed E-state index contributed by atoms with van der Waals surface area (Å²) in [6.45, 7) is 13.7. The zero-order valence-corrected chi connectivity index (χ0v) is 16.0. The molecular formula is C20H34F2N2. The van der Waals surface area contributed by atoms with Gasteiger partial charge in [-0.15, -0.1) is 0 Å². The van der Waals surface area contributed by atoms with Crippen LogP contribution in [0.15, 0.2) is 48.0 Å². The van der Waals surface area contributed by atoms with Crippen molar-refractivity contribution in [2.24, 2.45) is 5.92 Å². The number of hydrogen-bond acceptors (Lipinski definition) is 2. The summed E-state index contributed by atoms with van der Waals surface area (Å²) >= 11 is 0. The predicted molar refractivity (Wildman–Crippen MR) is 101 cm³/mol. The molecule has 24 heavy (non-hydrogen) atoms. The topological polar surface area (TPSA) is 6.48 Å². The largest absolute Gasteiger partial charge is 0.303 e. The molecule has 0 bridgehead atoms. The Bertz CT molecular complexity index is 464. The van der Waals surface area contributed by atoms with Gasteiger partial charge in [0.2, 0.25) is 0 Å². The van der Waals surface area contributed by atoms with Crippen molar-refractivity contribution in [2.75, 3.05) is 27.3 Å². The Kier molecular flexibility index (Phi) is 11.3. The SMILES string of the molecule is C=C(F)CC/C=C(\CF)CN(C(=C)/C=C(/C)C(C)CCC)N(C)C. The maximum absolute atomic E-state index is 13.3. The summed E-state index contributed by atoms with van der Waals surface area (Å²) in [7, 11) is 3.81. The molecule has 0 aromatic rings. The average molecular weight is 341 g/mol. The highest BCUT2D eigenvalue weighted by Crippen LogP contribution is 2.20. The summed E-state index contributed by atoms with van der Waals surface area (Å²) in [6, 6.07) is 0. The molecular weight excluding hydrogens is 306 g/mol. The van der Waals surface area contributed by atoms with Crippen molar-refractivity contribution in [2.45, 2.75) is 46.5 Å². The number of nitrogens with zero attached hydrogens (tertiary/aromatic N) is 2. The molecule has 0 aromatic heterocycles. The molecule has 0 aliphatic rings. The molecule has 1 unspecified atom stereocenters. The molecule has 4 heteroatoms. The van der Waals surface area contributed by atoms with Gasteiger partial charge < -0.3 is 5.01 Å². The van der Waals surface area contributed by atoms with Crippen molar-refractivity contribution in [1.29, 1.82) is 0 Å². The van der Waals surface area contributed by atoms with Crippen molar-refractivity contribution in [1.82, 2.24) is 10.0 Å². The highest BCUT2D eigenvalue weighted by Gasteiger charge is 2.13. The maximum Gasteiger partial charge on any atom is 0.112 e. The highest BCUT2D eigenvalue weighted by atomic mass is 19.1. The third kappa shape index (κ3) is 9.02. The normalized spacial score (nSPS) is 14.0. The van der Waals surface area contributed by atoms with Crippen LogP contribution in [0.25, 0.3) is 0 Å². The second-order valence-corrected chi connectivity index (χ2v) is 6.53. The Morgan fingerprint density at radius 1 is 1.25 bits per heavy atom. The number of allylic oxidation sites excluding steroid dienone is 4. The fourth-order valence-electron chi connectivity index (χ4n) is 2.43. The first-order valence-electron chi connectivity index (χ1n) is 8.61. The predicted octanol–water partition coefficient (Wildman–Crippen LogP) is 5.82. The van der Waals surface area contributed by atoms with Crippen molar-refractivity contribution < 1.29 is 8.78 Å². The molecule has 0 radical (unpaired) electrons. The minimum atomic E-state index is -0.550. The molecule has 138 valence electrons. The molecule has 0 saturated carbocycles. The lowest BCUT2D eigenvalue weighted by Gasteiger charge is -2.32. The van der Waals surface area contributed by atoms with Gasteiger partial charge in [-0.1, -0.05) is 45.1 Å². The minimum absolute atomic E-state index is 0.236. The summed E-state index contributed by atoms with van der Waals surface area (Å²) in [4.78, 5) is 0. The van der Waals surface area contributed by atoms with Crippen LogP contribution in [0.2, 0.25) is 0 Å². The molecule has 0 rings (SSSR count). The van der Waals surface area contributed by atoms with E-state index in [9.17, 15) is 8.78 Å². The molecule has 0 aliphatic carbocycles. The van der Waals surface area contributed by atoms with Gasteiger partial charge in [0.25, 0.3) is 0 Å². The molecule has 0 spiro atoms. The van der Waals surface area contributed by atoms with Gasteiger partial charge in [0.05, 0.1) is 12.4 Å². The van der Waals surface area contributed by atoms with E-state index in [4.69, 9.17) is 0 Å². The monoisotopic (exact) mass is 340 g/mol. The summed E-state index contributed by atoms with van der Waals surface area (Å²) in [5.74, 6) is 0.129. The fourth-order valence-corrected chi connectivity index (χ4v) is 2.43. The molecule has 0 saturated heterocycles. The number of hydrazine groups is 1. The van der Waals surface area contributed by atoms with Crippen LogP contribution in [0.3, 0.4) is 0 Å². The van der Waals surface area contributed by atoms with E-state index < -0.39 is 6.67 Å². The first kappa shape index (κ1) is 22.6. The van der Waals surface area contributed by atoms with Crippen LogP contribution in [-0.4, -0.2) is 37.3 Å². The molecule has 0 aromatic carbocycles. The maximum atomic E-state index is 13.3. The van der Waals surface area contributed by atoms with E-state index in [0.717, 1.165) is 18.5 Å². The summed E-state index contributed by atoms with van der Waals surface area (Å²) < 4.78 is 26.0. The smallest absolute Gasteiger partial charge is 0.112 e. The molecule has 0 amide bonds. The van der Waals surface area contributed by atoms with Gasteiger partial charge in [-0.2, -0.15) is 0 Å². The number of alkyl halides is 1. The average Bonchev–Trinajstić information content (AvgIpc) is 2.49. The number of hydrogen-bond donors (Lipinski definition) is 0. The fraction of sp³-hybridized carbons (Fsp3) is 0.600. The first-order chi connectivity index (χ1) is 11.2. The number of rotatable bonds is 12. The van der Waals surface area contributed by atoms with Gasteiger partial charge in [0, 0.05) is 26.2 Å². The van der Waals surface area contributed by atoms with Crippen LogP contribution in [0.4, 0.5) is 8.78 Å². The molecule has 0 N–H and O–H groups in total. The Hall–Kier alpha value is -1.42. The van der Waals surface area contributed by atoms with E-state index in [1.807, 2.05) is 24.1 Å². The summed E-state index contributed by atoms with van der Waals surface area (Å²) in [6.07, 6.45) is 6.81. The van der Waals surface area contributed by atoms with Gasteiger partial charge in [-0.25, -0.2) is 13.8 Å². The van der Waals surface area contributed by atoms with Crippen molar-refractivity contribution in [3.05, 3.63) is 48.0 Å². The quantitative estimate of drug-likeness (QED) is 0.251. The van der Waals surface area contributed by atoms with Gasteiger partial charge in [0.15, 0.2) is 0 Å². The van der Waals surface area contributed by atoms with E-state index in [1.165, 1.54) is 5.57 Å². The Morgan fingerprint density at radius 2 is 1.88 bits per heavy atom. The van der Waals surface area contributed by atoms with Crippen LogP contribution in [-0.2, 0) is 0 Å². The van der Waals surface area contributed by atoms with Crippen molar-refractivity contribution in [3.63, 3.8) is 0 Å². The molecule has 0 fully saturated rings. The molecule has 0 heterocycles. The molecule has 2 nitrogen and oxygen atoms in total. The zero-order valence-electron chi connectivity index (χ0n) is 16.0. The third-order valence-corrected chi connectivity index (χ3v) is 4.08. The summed E-state index contributed by atoms with van der Waals surface area (Å²) in [5.41, 5.74) is 2.72. The summed E-state index contributed by atoms with van der Waals surface area (Å²) in [5, 5.41) is 3.83. The van der Waals surface area contributed by atoms with E-state index in [2.05, 4.69) is 40.0 Å². The van der Waals surface area contributed by atoms with Crippen molar-refractivity contribution in [3.8, 4) is 0 Å². The second kappa shape index (κ2) is 12.0. The van der Waals surface area contributed by atoms with E-state index >= 15 is 0 Å². The third-order valence-electron chi connectivity index (χ3n) is 4.08. The zero-order chi connectivity index (χ0) is 18.7. The highest BCUT2D eigenvalue weighted by molar-refractivity contribution is 5.21. The lowest BCUT2D eigenvalue weighted by Crippen LogP contribution is -2.37. The van der Waals surface area contributed by atoms with Gasteiger partial charge in [0.1, 0.15) is 6.67 Å². The van der Waals surface area contributed by atoms with E-state index in [-0.39, 0.29) is 12.2 Å². The Morgan fingerprint density at radius 3 is 2.33 bits per heavy atom. The second-order valence-electron chi connectivity index (χ2n) is 6.53. The standard InChI is InChI=1S/C20H34F2N2/c1-8-10-16(2)17(3)13-19(5)24(23(6)7)15-20(14-21)12-9-11-18(4)22/h12-13,16H,4-5,8-11,14-15H2,1-3,6-7H3/b17-13-,20-12+. The van der Waals surface area contributed by atoms with Gasteiger partial charge in [-0.3, -0.25) is 0 Å². The Labute approximate surface area is 147 Å². The first-order valence-corrected chi connectivity index (χ1v) is 8.61. The molecule has 1 atom stereocenters. The van der Waals surface area contributed by atoms with Crippen LogP contribution >= 0.6 is 0 Å². The molecule has 0 aliphatic heterocycles. The van der Waals surface area contributed by atoms with Gasteiger partial charge in [-0.05, 0) is 37.3 Å².